The molecule has 80 valence electrons. The molecule has 0 bridgehead atoms. The van der Waals surface area contributed by atoms with Crippen LogP contribution in [0.1, 0.15) is 5.56 Å². The topological polar surface area (TPSA) is 66.0 Å². The van der Waals surface area contributed by atoms with Crippen LogP contribution in [0.5, 0.6) is 0 Å². The Morgan fingerprint density at radius 2 is 2.27 bits per heavy atom. The molecule has 0 unspecified atom stereocenters. The van der Waals surface area contributed by atoms with E-state index in [1.165, 1.54) is 6.33 Å². The Hall–Kier alpha value is -1.62. The summed E-state index contributed by atoms with van der Waals surface area (Å²) in [6.45, 7) is 3.44. The van der Waals surface area contributed by atoms with Crippen molar-refractivity contribution in [2.24, 2.45) is 0 Å². The monoisotopic (exact) mass is 206 g/mol. The van der Waals surface area contributed by atoms with Crippen LogP contribution >= 0.6 is 0 Å². The summed E-state index contributed by atoms with van der Waals surface area (Å²) in [7, 11) is 1.68. The summed E-state index contributed by atoms with van der Waals surface area (Å²) in [4.78, 5) is 8.22. The standard InChI is InChI=1S/C10H14N4O/c1-7-5-14(3-4-15-2)10-8(7)9(11)12-6-13-10/h5-6H,3-4H2,1-2H3,(H2,11,12,13). The molecular formula is C10H14N4O. The van der Waals surface area contributed by atoms with Gasteiger partial charge in [-0.05, 0) is 12.5 Å². The van der Waals surface area contributed by atoms with E-state index in [-0.39, 0.29) is 0 Å². The average molecular weight is 206 g/mol. The summed E-state index contributed by atoms with van der Waals surface area (Å²) >= 11 is 0. The van der Waals surface area contributed by atoms with E-state index in [2.05, 4.69) is 9.97 Å². The molecule has 15 heavy (non-hydrogen) atoms. The molecule has 2 aromatic rings. The van der Waals surface area contributed by atoms with E-state index in [0.29, 0.717) is 12.4 Å². The molecule has 2 rings (SSSR count). The number of nitrogens with two attached hydrogens (primary N) is 1. The summed E-state index contributed by atoms with van der Waals surface area (Å²) in [5, 5.41) is 0.939. The Morgan fingerprint density at radius 1 is 1.47 bits per heavy atom. The molecule has 2 N–H and O–H groups in total. The van der Waals surface area contributed by atoms with Crippen LogP contribution in [0.4, 0.5) is 5.82 Å². The number of nitrogen functional groups attached to an aromatic ring is 1. The summed E-state index contributed by atoms with van der Waals surface area (Å²) in [5.74, 6) is 0.536. The molecule has 0 aromatic carbocycles. The first-order valence-electron chi connectivity index (χ1n) is 4.79. The summed E-state index contributed by atoms with van der Waals surface area (Å²) < 4.78 is 7.07. The fraction of sp³-hybridized carbons (Fsp3) is 0.400. The van der Waals surface area contributed by atoms with Crippen molar-refractivity contribution in [3.8, 4) is 0 Å². The third-order valence-electron chi connectivity index (χ3n) is 2.41. The van der Waals surface area contributed by atoms with Crippen molar-refractivity contribution in [3.05, 3.63) is 18.1 Å². The van der Waals surface area contributed by atoms with E-state index >= 15 is 0 Å². The van der Waals surface area contributed by atoms with Crippen LogP contribution in [0.25, 0.3) is 11.0 Å². The highest BCUT2D eigenvalue weighted by Crippen LogP contribution is 2.22. The Kier molecular flexibility index (Phi) is 2.55. The zero-order valence-corrected chi connectivity index (χ0v) is 8.90. The maximum absolute atomic E-state index is 5.80. The maximum atomic E-state index is 5.80. The van der Waals surface area contributed by atoms with Gasteiger partial charge in [0.15, 0.2) is 0 Å². The van der Waals surface area contributed by atoms with Crippen LogP contribution in [0.15, 0.2) is 12.5 Å². The second kappa shape index (κ2) is 3.86. The summed E-state index contributed by atoms with van der Waals surface area (Å²) in [5.41, 5.74) is 7.77. The van der Waals surface area contributed by atoms with Gasteiger partial charge in [0.2, 0.25) is 0 Å². The second-order valence-electron chi connectivity index (χ2n) is 3.46. The molecule has 5 heteroatoms. The van der Waals surface area contributed by atoms with E-state index in [9.17, 15) is 0 Å². The molecule has 0 saturated carbocycles. The lowest BCUT2D eigenvalue weighted by Gasteiger charge is -2.02. The Bertz CT molecular complexity index is 477. The molecule has 2 heterocycles. The van der Waals surface area contributed by atoms with E-state index in [0.717, 1.165) is 23.1 Å². The number of rotatable bonds is 3. The largest absolute Gasteiger partial charge is 0.383 e. The van der Waals surface area contributed by atoms with E-state index in [1.807, 2.05) is 17.7 Å². The predicted molar refractivity (Wildman–Crippen MR) is 58.6 cm³/mol. The highest BCUT2D eigenvalue weighted by molar-refractivity contribution is 5.89. The molecule has 2 aromatic heterocycles. The van der Waals surface area contributed by atoms with Gasteiger partial charge in [0.25, 0.3) is 0 Å². The lowest BCUT2D eigenvalue weighted by molar-refractivity contribution is 0.188. The summed E-state index contributed by atoms with van der Waals surface area (Å²) in [6, 6.07) is 0. The fourth-order valence-corrected chi connectivity index (χ4v) is 1.71. The molecule has 0 radical (unpaired) electrons. The van der Waals surface area contributed by atoms with Gasteiger partial charge in [-0.1, -0.05) is 0 Å². The van der Waals surface area contributed by atoms with Gasteiger partial charge in [-0.15, -0.1) is 0 Å². The van der Waals surface area contributed by atoms with Crippen molar-refractivity contribution in [1.29, 1.82) is 0 Å². The van der Waals surface area contributed by atoms with Gasteiger partial charge in [0.05, 0.1) is 12.0 Å². The number of methoxy groups -OCH3 is 1. The average Bonchev–Trinajstić information content (AvgIpc) is 2.54. The number of nitrogens with zero attached hydrogens (tertiary/aromatic N) is 3. The molecule has 0 amide bonds. The number of aryl methyl sites for hydroxylation is 1. The molecule has 0 aliphatic carbocycles. The van der Waals surface area contributed by atoms with Crippen LogP contribution < -0.4 is 5.73 Å². The van der Waals surface area contributed by atoms with E-state index < -0.39 is 0 Å². The number of aromatic nitrogens is 3. The minimum absolute atomic E-state index is 0.536. The molecule has 0 fully saturated rings. The third-order valence-corrected chi connectivity index (χ3v) is 2.41. The van der Waals surface area contributed by atoms with Crippen LogP contribution in [0.2, 0.25) is 0 Å². The van der Waals surface area contributed by atoms with Gasteiger partial charge in [0.1, 0.15) is 17.8 Å². The minimum Gasteiger partial charge on any atom is -0.383 e. The second-order valence-corrected chi connectivity index (χ2v) is 3.46. The Morgan fingerprint density at radius 3 is 3.00 bits per heavy atom. The van der Waals surface area contributed by atoms with Gasteiger partial charge in [-0.3, -0.25) is 0 Å². The molecule has 0 spiro atoms. The van der Waals surface area contributed by atoms with Crippen molar-refractivity contribution >= 4 is 16.9 Å². The quantitative estimate of drug-likeness (QED) is 0.812. The third kappa shape index (κ3) is 1.66. The Balaban J connectivity index is 2.53. The van der Waals surface area contributed by atoms with Gasteiger partial charge >= 0.3 is 0 Å². The lowest BCUT2D eigenvalue weighted by atomic mass is 10.2. The lowest BCUT2D eigenvalue weighted by Crippen LogP contribution is -2.04. The van der Waals surface area contributed by atoms with Crippen molar-refractivity contribution in [3.63, 3.8) is 0 Å². The van der Waals surface area contributed by atoms with Gasteiger partial charge in [0, 0.05) is 19.9 Å². The van der Waals surface area contributed by atoms with Gasteiger partial charge < -0.3 is 15.0 Å². The number of ether oxygens (including phenoxy) is 1. The number of hydrogen-bond acceptors (Lipinski definition) is 4. The van der Waals surface area contributed by atoms with Crippen molar-refractivity contribution in [1.82, 2.24) is 14.5 Å². The molecule has 0 atom stereocenters. The molecule has 5 nitrogen and oxygen atoms in total. The zero-order valence-electron chi connectivity index (χ0n) is 8.90. The highest BCUT2D eigenvalue weighted by atomic mass is 16.5. The van der Waals surface area contributed by atoms with Gasteiger partial charge in [-0.25, -0.2) is 9.97 Å². The SMILES string of the molecule is COCCn1cc(C)c2c(N)ncnc21. The van der Waals surface area contributed by atoms with Crippen LogP contribution in [-0.2, 0) is 11.3 Å². The number of fused-ring (bicyclic) bond motifs is 1. The first kappa shape index (κ1) is 9.92. The van der Waals surface area contributed by atoms with Crippen molar-refractivity contribution in [2.75, 3.05) is 19.5 Å². The molecule has 0 aliphatic heterocycles. The van der Waals surface area contributed by atoms with Crippen LogP contribution in [0.3, 0.4) is 0 Å². The smallest absolute Gasteiger partial charge is 0.145 e. The number of anilines is 1. The first-order chi connectivity index (χ1) is 7.24. The van der Waals surface area contributed by atoms with Crippen LogP contribution in [-0.4, -0.2) is 28.3 Å². The fourth-order valence-electron chi connectivity index (χ4n) is 1.71. The van der Waals surface area contributed by atoms with E-state index in [4.69, 9.17) is 10.5 Å². The van der Waals surface area contributed by atoms with Crippen molar-refractivity contribution in [2.45, 2.75) is 13.5 Å². The molecule has 0 saturated heterocycles. The normalized spacial score (nSPS) is 11.1. The minimum atomic E-state index is 0.536. The molecule has 0 aliphatic rings. The summed E-state index contributed by atoms with van der Waals surface area (Å²) in [6.07, 6.45) is 3.51. The van der Waals surface area contributed by atoms with Crippen LogP contribution in [0, 0.1) is 6.92 Å². The zero-order chi connectivity index (χ0) is 10.8. The molecular weight excluding hydrogens is 192 g/mol. The van der Waals surface area contributed by atoms with Gasteiger partial charge in [-0.2, -0.15) is 0 Å². The van der Waals surface area contributed by atoms with E-state index in [1.54, 1.807) is 7.11 Å². The predicted octanol–water partition coefficient (Wildman–Crippen LogP) is 0.968. The highest BCUT2D eigenvalue weighted by Gasteiger charge is 2.09. The maximum Gasteiger partial charge on any atom is 0.145 e. The number of hydrogen-bond donors (Lipinski definition) is 1. The first-order valence-corrected chi connectivity index (χ1v) is 4.79. The Labute approximate surface area is 87.9 Å². The van der Waals surface area contributed by atoms with Crippen molar-refractivity contribution < 1.29 is 4.74 Å².